The molecule has 5 nitrogen and oxygen atoms in total. The van der Waals surface area contributed by atoms with Crippen LogP contribution in [0.2, 0.25) is 0 Å². The van der Waals surface area contributed by atoms with Crippen molar-refractivity contribution in [2.75, 3.05) is 33.8 Å². The molecule has 0 bridgehead atoms. The smallest absolute Gasteiger partial charge is 0.410 e. The predicted octanol–water partition coefficient (Wildman–Crippen LogP) is 1.72. The van der Waals surface area contributed by atoms with Gasteiger partial charge in [0.05, 0.1) is 18.8 Å². The van der Waals surface area contributed by atoms with Crippen LogP contribution in [0.3, 0.4) is 0 Å². The van der Waals surface area contributed by atoms with Crippen molar-refractivity contribution in [3.63, 3.8) is 0 Å². The van der Waals surface area contributed by atoms with Crippen molar-refractivity contribution in [2.24, 2.45) is 0 Å². The van der Waals surface area contributed by atoms with Crippen LogP contribution in [-0.2, 0) is 9.47 Å². The van der Waals surface area contributed by atoms with E-state index in [9.17, 15) is 4.79 Å². The van der Waals surface area contributed by atoms with Gasteiger partial charge in [-0.3, -0.25) is 0 Å². The van der Waals surface area contributed by atoms with Crippen LogP contribution in [0.5, 0.6) is 0 Å². The Labute approximate surface area is 115 Å². The lowest BCUT2D eigenvalue weighted by atomic mass is 9.97. The summed E-state index contributed by atoms with van der Waals surface area (Å²) in [6.45, 7) is 7.83. The molecular weight excluding hydrogens is 244 g/mol. The molecular formula is C14H26N2O3. The Hall–Kier alpha value is -0.810. The minimum Gasteiger partial charge on any atom is -0.444 e. The molecule has 0 saturated carbocycles. The SMILES string of the molecule is CN(C)C1COC2(CCN(C(=O)OC(C)(C)C)C2)C1. The molecule has 2 heterocycles. The number of carbonyl (C=O) groups excluding carboxylic acids is 1. The molecule has 5 heteroatoms. The number of nitrogens with zero attached hydrogens (tertiary/aromatic N) is 2. The van der Waals surface area contributed by atoms with E-state index in [4.69, 9.17) is 9.47 Å². The molecule has 2 atom stereocenters. The van der Waals surface area contributed by atoms with E-state index in [0.717, 1.165) is 26.0 Å². The first-order valence-electron chi connectivity index (χ1n) is 6.99. The Kier molecular flexibility index (Phi) is 3.80. The summed E-state index contributed by atoms with van der Waals surface area (Å²) in [5.41, 5.74) is -0.582. The Bertz CT molecular complexity index is 351. The lowest BCUT2D eigenvalue weighted by Crippen LogP contribution is -2.39. The molecule has 2 aliphatic heterocycles. The summed E-state index contributed by atoms with van der Waals surface area (Å²) in [6, 6.07) is 0.457. The van der Waals surface area contributed by atoms with Crippen LogP contribution in [0.15, 0.2) is 0 Å². The first-order valence-corrected chi connectivity index (χ1v) is 6.99. The minimum atomic E-state index is -0.435. The third kappa shape index (κ3) is 3.39. The van der Waals surface area contributed by atoms with Gasteiger partial charge in [-0.15, -0.1) is 0 Å². The normalized spacial score (nSPS) is 31.5. The first kappa shape index (κ1) is 14.6. The summed E-state index contributed by atoms with van der Waals surface area (Å²) in [5.74, 6) is 0. The zero-order valence-electron chi connectivity index (χ0n) is 12.7. The highest BCUT2D eigenvalue weighted by atomic mass is 16.6. The molecule has 19 heavy (non-hydrogen) atoms. The predicted molar refractivity (Wildman–Crippen MR) is 73.2 cm³/mol. The van der Waals surface area contributed by atoms with Crippen LogP contribution in [0.1, 0.15) is 33.6 Å². The molecule has 0 radical (unpaired) electrons. The van der Waals surface area contributed by atoms with Crippen molar-refractivity contribution in [1.82, 2.24) is 9.80 Å². The van der Waals surface area contributed by atoms with E-state index >= 15 is 0 Å². The summed E-state index contributed by atoms with van der Waals surface area (Å²) >= 11 is 0. The van der Waals surface area contributed by atoms with E-state index < -0.39 is 5.60 Å². The largest absolute Gasteiger partial charge is 0.444 e. The van der Waals surface area contributed by atoms with Gasteiger partial charge in [0.1, 0.15) is 5.60 Å². The molecule has 2 fully saturated rings. The number of rotatable bonds is 1. The fourth-order valence-electron chi connectivity index (χ4n) is 2.76. The number of carbonyl (C=O) groups is 1. The third-order valence-corrected chi connectivity index (χ3v) is 3.89. The number of hydrogen-bond acceptors (Lipinski definition) is 4. The second-order valence-corrected chi connectivity index (χ2v) is 6.97. The van der Waals surface area contributed by atoms with Crippen LogP contribution in [-0.4, -0.2) is 66.9 Å². The molecule has 2 aliphatic rings. The van der Waals surface area contributed by atoms with Crippen LogP contribution in [0.25, 0.3) is 0 Å². The average molecular weight is 270 g/mol. The molecule has 0 aromatic carbocycles. The van der Waals surface area contributed by atoms with Gasteiger partial charge in [-0.25, -0.2) is 4.79 Å². The lowest BCUT2D eigenvalue weighted by molar-refractivity contribution is -0.000151. The molecule has 1 amide bonds. The standard InChI is InChI=1S/C14H26N2O3/c1-13(2,3)19-12(17)16-7-6-14(10-16)8-11(9-18-14)15(4)5/h11H,6-10H2,1-5H3. The van der Waals surface area contributed by atoms with E-state index in [0.29, 0.717) is 12.6 Å². The quantitative estimate of drug-likeness (QED) is 0.727. The van der Waals surface area contributed by atoms with Crippen molar-refractivity contribution >= 4 is 6.09 Å². The van der Waals surface area contributed by atoms with Gasteiger partial charge in [-0.05, 0) is 47.7 Å². The van der Waals surface area contributed by atoms with E-state index in [1.807, 2.05) is 20.8 Å². The second kappa shape index (κ2) is 4.94. The van der Waals surface area contributed by atoms with Gasteiger partial charge >= 0.3 is 6.09 Å². The fraction of sp³-hybridized carbons (Fsp3) is 0.929. The summed E-state index contributed by atoms with van der Waals surface area (Å²) < 4.78 is 11.4. The number of ether oxygens (including phenoxy) is 2. The molecule has 0 aliphatic carbocycles. The molecule has 110 valence electrons. The number of likely N-dealkylation sites (N-methyl/N-ethyl adjacent to an activating group) is 1. The fourth-order valence-corrected chi connectivity index (χ4v) is 2.76. The Morgan fingerprint density at radius 2 is 2.11 bits per heavy atom. The second-order valence-electron chi connectivity index (χ2n) is 6.97. The zero-order valence-corrected chi connectivity index (χ0v) is 12.7. The summed E-state index contributed by atoms with van der Waals surface area (Å²) in [4.78, 5) is 16.0. The van der Waals surface area contributed by atoms with E-state index in [1.54, 1.807) is 4.90 Å². The maximum absolute atomic E-state index is 12.1. The van der Waals surface area contributed by atoms with Crippen molar-refractivity contribution < 1.29 is 14.3 Å². The van der Waals surface area contributed by atoms with Gasteiger partial charge in [-0.2, -0.15) is 0 Å². The highest BCUT2D eigenvalue weighted by Crippen LogP contribution is 2.36. The summed E-state index contributed by atoms with van der Waals surface area (Å²) in [6.07, 6.45) is 1.69. The van der Waals surface area contributed by atoms with E-state index in [2.05, 4.69) is 19.0 Å². The van der Waals surface area contributed by atoms with Crippen molar-refractivity contribution in [3.05, 3.63) is 0 Å². The molecule has 2 saturated heterocycles. The van der Waals surface area contributed by atoms with Gasteiger partial charge in [0, 0.05) is 12.6 Å². The van der Waals surface area contributed by atoms with Crippen LogP contribution >= 0.6 is 0 Å². The maximum Gasteiger partial charge on any atom is 0.410 e. The van der Waals surface area contributed by atoms with Crippen molar-refractivity contribution in [1.29, 1.82) is 0 Å². The van der Waals surface area contributed by atoms with Gasteiger partial charge in [0.2, 0.25) is 0 Å². The summed E-state index contributed by atoms with van der Waals surface area (Å²) in [7, 11) is 4.15. The highest BCUT2D eigenvalue weighted by molar-refractivity contribution is 5.68. The molecule has 1 spiro atoms. The minimum absolute atomic E-state index is 0.147. The van der Waals surface area contributed by atoms with Crippen molar-refractivity contribution in [2.45, 2.75) is 50.9 Å². The first-order chi connectivity index (χ1) is 8.71. The van der Waals surface area contributed by atoms with E-state index in [1.165, 1.54) is 0 Å². The highest BCUT2D eigenvalue weighted by Gasteiger charge is 2.47. The van der Waals surface area contributed by atoms with Gasteiger partial charge in [0.15, 0.2) is 0 Å². The molecule has 0 aromatic heterocycles. The Morgan fingerprint density at radius 1 is 1.42 bits per heavy atom. The maximum atomic E-state index is 12.1. The van der Waals surface area contributed by atoms with Crippen LogP contribution in [0, 0.1) is 0 Å². The molecule has 0 N–H and O–H groups in total. The Balaban J connectivity index is 1.92. The third-order valence-electron chi connectivity index (χ3n) is 3.89. The molecule has 0 aromatic rings. The number of hydrogen-bond donors (Lipinski definition) is 0. The van der Waals surface area contributed by atoms with Gasteiger partial charge in [-0.1, -0.05) is 0 Å². The van der Waals surface area contributed by atoms with Gasteiger partial charge in [0.25, 0.3) is 0 Å². The lowest BCUT2D eigenvalue weighted by Gasteiger charge is -2.26. The Morgan fingerprint density at radius 3 is 2.63 bits per heavy atom. The van der Waals surface area contributed by atoms with Gasteiger partial charge < -0.3 is 19.3 Å². The number of likely N-dealkylation sites (tertiary alicyclic amines) is 1. The molecule has 2 unspecified atom stereocenters. The van der Waals surface area contributed by atoms with Crippen molar-refractivity contribution in [3.8, 4) is 0 Å². The van der Waals surface area contributed by atoms with Crippen LogP contribution in [0.4, 0.5) is 4.79 Å². The zero-order chi connectivity index (χ0) is 14.3. The monoisotopic (exact) mass is 270 g/mol. The number of amides is 1. The topological polar surface area (TPSA) is 42.0 Å². The van der Waals surface area contributed by atoms with E-state index in [-0.39, 0.29) is 11.7 Å². The molecule has 2 rings (SSSR count). The summed E-state index contributed by atoms with van der Waals surface area (Å²) in [5, 5.41) is 0. The average Bonchev–Trinajstić information content (AvgIpc) is 2.85. The van der Waals surface area contributed by atoms with Crippen LogP contribution < -0.4 is 0 Å².